The second kappa shape index (κ2) is 8.97. The minimum absolute atomic E-state index is 0.0693. The number of rotatable bonds is 7. The maximum Gasteiger partial charge on any atom is 0.326 e. The summed E-state index contributed by atoms with van der Waals surface area (Å²) < 4.78 is 0. The molecule has 9 heteroatoms. The Hall–Kier alpha value is -2.03. The molecule has 0 heterocycles. The highest BCUT2D eigenvalue weighted by Crippen LogP contribution is 1.90. The van der Waals surface area contributed by atoms with Gasteiger partial charge in [0, 0.05) is 40.2 Å². The third-order valence-electron chi connectivity index (χ3n) is 2.11. The number of carboxylic acid groups (broad SMARTS) is 1. The van der Waals surface area contributed by atoms with E-state index in [-0.39, 0.29) is 32.1 Å². The minimum atomic E-state index is -1.22. The van der Waals surface area contributed by atoms with Crippen molar-refractivity contribution in [1.82, 2.24) is 20.9 Å². The fraction of sp³-hybridized carbons (Fsp3) is 0.700. The van der Waals surface area contributed by atoms with E-state index in [0.29, 0.717) is 0 Å². The zero-order valence-corrected chi connectivity index (χ0v) is 11.0. The van der Waals surface area contributed by atoms with Crippen LogP contribution < -0.4 is 16.0 Å². The Morgan fingerprint density at radius 3 is 2.21 bits per heavy atom. The molecule has 1 unspecified atom stereocenters. The molecule has 110 valence electrons. The van der Waals surface area contributed by atoms with Gasteiger partial charge in [-0.15, -0.1) is 0 Å². The molecular weight excluding hydrogens is 256 g/mol. The van der Waals surface area contributed by atoms with Gasteiger partial charge in [-0.3, -0.25) is 0 Å². The van der Waals surface area contributed by atoms with Crippen molar-refractivity contribution in [3.63, 3.8) is 0 Å². The first-order chi connectivity index (χ1) is 8.88. The van der Waals surface area contributed by atoms with Crippen molar-refractivity contribution in [3.05, 3.63) is 0 Å². The van der Waals surface area contributed by atoms with Gasteiger partial charge >= 0.3 is 18.0 Å². The van der Waals surface area contributed by atoms with Crippen LogP contribution in [0.3, 0.4) is 0 Å². The van der Waals surface area contributed by atoms with E-state index in [1.54, 1.807) is 14.1 Å². The first kappa shape index (κ1) is 17.0. The highest BCUT2D eigenvalue weighted by molar-refractivity contribution is 5.82. The molecule has 0 aliphatic heterocycles. The maximum absolute atomic E-state index is 11.3. The number of urea groups is 2. The lowest BCUT2D eigenvalue weighted by Gasteiger charge is -2.15. The Morgan fingerprint density at radius 1 is 1.16 bits per heavy atom. The normalized spacial score (nSPS) is 11.3. The van der Waals surface area contributed by atoms with Crippen LogP contribution in [0.1, 0.15) is 6.42 Å². The van der Waals surface area contributed by atoms with Crippen molar-refractivity contribution in [3.8, 4) is 0 Å². The summed E-state index contributed by atoms with van der Waals surface area (Å²) in [6.45, 7) is 0.0508. The van der Waals surface area contributed by atoms with Gasteiger partial charge in [-0.25, -0.2) is 14.4 Å². The van der Waals surface area contributed by atoms with Gasteiger partial charge in [-0.2, -0.15) is 0 Å². The summed E-state index contributed by atoms with van der Waals surface area (Å²) in [5.41, 5.74) is 0. The topological polar surface area (TPSA) is 131 Å². The largest absolute Gasteiger partial charge is 0.480 e. The van der Waals surface area contributed by atoms with Crippen LogP contribution in [0.5, 0.6) is 0 Å². The van der Waals surface area contributed by atoms with Crippen LogP contribution in [0.4, 0.5) is 9.59 Å². The van der Waals surface area contributed by atoms with Crippen molar-refractivity contribution in [2.24, 2.45) is 0 Å². The fourth-order valence-electron chi connectivity index (χ4n) is 1.10. The molecule has 0 aromatic rings. The van der Waals surface area contributed by atoms with Gasteiger partial charge in [0.15, 0.2) is 0 Å². The Bertz CT molecular complexity index is 321. The lowest BCUT2D eigenvalue weighted by atomic mass is 10.2. The van der Waals surface area contributed by atoms with Gasteiger partial charge in [0.05, 0.1) is 0 Å². The zero-order valence-electron chi connectivity index (χ0n) is 11.0. The van der Waals surface area contributed by atoms with Gasteiger partial charge in [-0.1, -0.05) is 0 Å². The van der Waals surface area contributed by atoms with E-state index >= 15 is 0 Å². The molecule has 0 aliphatic rings. The van der Waals surface area contributed by atoms with Crippen LogP contribution in [0.15, 0.2) is 0 Å². The van der Waals surface area contributed by atoms with E-state index in [9.17, 15) is 14.4 Å². The first-order valence-corrected chi connectivity index (χ1v) is 5.71. The quantitative estimate of drug-likeness (QED) is 0.357. The molecule has 0 spiro atoms. The Morgan fingerprint density at radius 2 is 1.74 bits per heavy atom. The number of carboxylic acids is 1. The molecule has 9 nitrogen and oxygen atoms in total. The molecule has 0 aromatic carbocycles. The van der Waals surface area contributed by atoms with E-state index in [2.05, 4.69) is 16.0 Å². The third-order valence-corrected chi connectivity index (χ3v) is 2.11. The number of nitrogens with one attached hydrogen (secondary N) is 3. The van der Waals surface area contributed by atoms with E-state index < -0.39 is 18.0 Å². The SMILES string of the molecule is CN(C)C(=O)NCCNC(=O)NC(CCO)C(=O)O. The van der Waals surface area contributed by atoms with Gasteiger partial charge in [-0.05, 0) is 0 Å². The molecule has 0 radical (unpaired) electrons. The van der Waals surface area contributed by atoms with Crippen molar-refractivity contribution >= 4 is 18.0 Å². The predicted octanol–water partition coefficient (Wildman–Crippen LogP) is -1.61. The molecular formula is C10H20N4O5. The second-order valence-electron chi connectivity index (χ2n) is 3.93. The summed E-state index contributed by atoms with van der Waals surface area (Å²) in [5, 5.41) is 24.5. The molecule has 0 rings (SSSR count). The number of carbonyl (C=O) groups excluding carboxylic acids is 2. The third kappa shape index (κ3) is 7.82. The van der Waals surface area contributed by atoms with Crippen LogP contribution in [0.2, 0.25) is 0 Å². The molecule has 4 amide bonds. The van der Waals surface area contributed by atoms with E-state index in [1.165, 1.54) is 4.90 Å². The van der Waals surface area contributed by atoms with E-state index in [4.69, 9.17) is 10.2 Å². The highest BCUT2D eigenvalue weighted by Gasteiger charge is 2.18. The maximum atomic E-state index is 11.3. The molecule has 5 N–H and O–H groups in total. The fourth-order valence-corrected chi connectivity index (χ4v) is 1.10. The number of amides is 4. The number of aliphatic hydroxyl groups excluding tert-OH is 1. The molecule has 0 aromatic heterocycles. The van der Waals surface area contributed by atoms with Crippen LogP contribution >= 0.6 is 0 Å². The van der Waals surface area contributed by atoms with Crippen LogP contribution in [0, 0.1) is 0 Å². The summed E-state index contributed by atoms with van der Waals surface area (Å²) in [7, 11) is 3.17. The summed E-state index contributed by atoms with van der Waals surface area (Å²) in [6.07, 6.45) is -0.0693. The summed E-state index contributed by atoms with van der Waals surface area (Å²) >= 11 is 0. The number of aliphatic hydroxyl groups is 1. The number of carbonyl (C=O) groups is 3. The van der Waals surface area contributed by atoms with Crippen molar-refractivity contribution in [2.75, 3.05) is 33.8 Å². The smallest absolute Gasteiger partial charge is 0.326 e. The van der Waals surface area contributed by atoms with Crippen molar-refractivity contribution in [1.29, 1.82) is 0 Å². The number of aliphatic carboxylic acids is 1. The second-order valence-corrected chi connectivity index (χ2v) is 3.93. The number of hydrogen-bond donors (Lipinski definition) is 5. The molecule has 0 aliphatic carbocycles. The average Bonchev–Trinajstić information content (AvgIpc) is 2.33. The van der Waals surface area contributed by atoms with Crippen molar-refractivity contribution in [2.45, 2.75) is 12.5 Å². The first-order valence-electron chi connectivity index (χ1n) is 5.71. The zero-order chi connectivity index (χ0) is 14.8. The van der Waals surface area contributed by atoms with E-state index in [1.807, 2.05) is 0 Å². The van der Waals surface area contributed by atoms with Gasteiger partial charge < -0.3 is 31.1 Å². The Balaban J connectivity index is 3.86. The molecule has 0 fully saturated rings. The monoisotopic (exact) mass is 276 g/mol. The molecule has 1 atom stereocenters. The number of hydrogen-bond acceptors (Lipinski definition) is 4. The molecule has 19 heavy (non-hydrogen) atoms. The predicted molar refractivity (Wildman–Crippen MR) is 66.7 cm³/mol. The summed E-state index contributed by atoms with van der Waals surface area (Å²) in [4.78, 5) is 34.5. The van der Waals surface area contributed by atoms with E-state index in [0.717, 1.165) is 0 Å². The Kier molecular flexibility index (Phi) is 8.02. The van der Waals surface area contributed by atoms with Gasteiger partial charge in [0.25, 0.3) is 0 Å². The Labute approximate surface area is 111 Å². The summed E-state index contributed by atoms with van der Waals surface area (Å²) in [6, 6.07) is -2.09. The summed E-state index contributed by atoms with van der Waals surface area (Å²) in [5.74, 6) is -1.22. The minimum Gasteiger partial charge on any atom is -0.480 e. The lowest BCUT2D eigenvalue weighted by molar-refractivity contribution is -0.139. The molecule has 0 bridgehead atoms. The van der Waals surface area contributed by atoms with Crippen molar-refractivity contribution < 1.29 is 24.6 Å². The van der Waals surface area contributed by atoms with Crippen LogP contribution in [-0.2, 0) is 4.79 Å². The van der Waals surface area contributed by atoms with Gasteiger partial charge in [0.1, 0.15) is 6.04 Å². The van der Waals surface area contributed by atoms with Crippen LogP contribution in [-0.4, -0.2) is 73.0 Å². The van der Waals surface area contributed by atoms with Crippen LogP contribution in [0.25, 0.3) is 0 Å². The molecule has 0 saturated heterocycles. The van der Waals surface area contributed by atoms with Gasteiger partial charge in [0.2, 0.25) is 0 Å². The highest BCUT2D eigenvalue weighted by atomic mass is 16.4. The lowest BCUT2D eigenvalue weighted by Crippen LogP contribution is -2.48. The number of nitrogens with zero attached hydrogens (tertiary/aromatic N) is 1. The standard InChI is InChI=1S/C10H20N4O5/c1-14(2)10(19)12-5-4-11-9(18)13-7(3-6-15)8(16)17/h7,15H,3-6H2,1-2H3,(H,12,19)(H,16,17)(H2,11,13,18). The average molecular weight is 276 g/mol. The molecule has 0 saturated carbocycles.